The lowest BCUT2D eigenvalue weighted by molar-refractivity contribution is 0.102. The number of carbonyl (C=O) groups excluding carboxylic acids is 1. The molecule has 3 N–H and O–H groups in total. The number of amides is 1. The van der Waals surface area contributed by atoms with Crippen LogP contribution in [0.15, 0.2) is 35.2 Å². The van der Waals surface area contributed by atoms with Gasteiger partial charge < -0.3 is 5.32 Å². The van der Waals surface area contributed by atoms with Crippen LogP contribution in [0.5, 0.6) is 0 Å². The smallest absolute Gasteiger partial charge is 0.256 e. The third-order valence-electron chi connectivity index (χ3n) is 5.44. The number of carbonyl (C=O) groups is 1. The monoisotopic (exact) mass is 369 g/mol. The van der Waals surface area contributed by atoms with Crippen molar-refractivity contribution in [3.05, 3.63) is 58.1 Å². The largest absolute Gasteiger partial charge is 0.321 e. The Labute approximate surface area is 154 Å². The van der Waals surface area contributed by atoms with Crippen LogP contribution in [0, 0.1) is 4.78 Å². The molecule has 0 aromatic heterocycles. The highest BCUT2D eigenvalue weighted by Crippen LogP contribution is 2.38. The summed E-state index contributed by atoms with van der Waals surface area (Å²) >= 11 is 0. The van der Waals surface area contributed by atoms with E-state index in [0.717, 1.165) is 44.2 Å². The first-order valence-corrected chi connectivity index (χ1v) is 10.6. The van der Waals surface area contributed by atoms with Gasteiger partial charge in [0.1, 0.15) is 9.92 Å². The third-order valence-corrected chi connectivity index (χ3v) is 6.99. The number of fused-ring (bicyclic) bond motifs is 2. The number of hydrogen-bond donors (Lipinski definition) is 3. The van der Waals surface area contributed by atoms with E-state index in [1.807, 2.05) is 0 Å². The van der Waals surface area contributed by atoms with Gasteiger partial charge in [-0.25, -0.2) is 13.7 Å². The molecule has 1 unspecified atom stereocenters. The van der Waals surface area contributed by atoms with Crippen molar-refractivity contribution in [2.45, 2.75) is 43.4 Å². The van der Waals surface area contributed by atoms with Gasteiger partial charge in [0.25, 0.3) is 5.91 Å². The van der Waals surface area contributed by atoms with E-state index in [9.17, 15) is 9.00 Å². The molecule has 5 nitrogen and oxygen atoms in total. The van der Waals surface area contributed by atoms with Gasteiger partial charge in [-0.05, 0) is 80.0 Å². The van der Waals surface area contributed by atoms with Crippen LogP contribution in [0.1, 0.15) is 45.5 Å². The van der Waals surface area contributed by atoms with Gasteiger partial charge in [0.2, 0.25) is 0 Å². The number of nitrogens with one attached hydrogen (secondary N) is 3. The Kier molecular flexibility index (Phi) is 4.32. The second kappa shape index (κ2) is 6.52. The van der Waals surface area contributed by atoms with E-state index < -0.39 is 9.92 Å². The predicted molar refractivity (Wildman–Crippen MR) is 103 cm³/mol. The predicted octanol–water partition coefficient (Wildman–Crippen LogP) is 3.46. The van der Waals surface area contributed by atoms with E-state index in [1.165, 1.54) is 29.3 Å². The first kappa shape index (κ1) is 17.2. The summed E-state index contributed by atoms with van der Waals surface area (Å²) < 4.78 is 23.0. The molecule has 136 valence electrons. The molecule has 0 spiro atoms. The van der Waals surface area contributed by atoms with Gasteiger partial charge in [-0.1, -0.05) is 18.2 Å². The summed E-state index contributed by atoms with van der Waals surface area (Å²) in [6.45, 7) is 0. The summed E-state index contributed by atoms with van der Waals surface area (Å²) in [6.07, 6.45) is 6.37. The zero-order chi connectivity index (χ0) is 18.3. The van der Waals surface area contributed by atoms with Crippen molar-refractivity contribution in [3.63, 3.8) is 0 Å². The van der Waals surface area contributed by atoms with Crippen LogP contribution < -0.4 is 10.0 Å². The summed E-state index contributed by atoms with van der Waals surface area (Å²) in [5, 5.41) is 3.12. The number of hydrogen-bond acceptors (Lipinski definition) is 3. The Morgan fingerprint density at radius 3 is 2.27 bits per heavy atom. The fraction of sp³-hybridized carbons (Fsp3) is 0.350. The molecular formula is C20H23N3O2S. The molecule has 6 heteroatoms. The molecule has 0 saturated carbocycles. The topological polar surface area (TPSA) is 82.1 Å². The first-order valence-electron chi connectivity index (χ1n) is 9.05. The van der Waals surface area contributed by atoms with Crippen molar-refractivity contribution >= 4 is 21.5 Å². The van der Waals surface area contributed by atoms with Gasteiger partial charge in [-0.3, -0.25) is 4.79 Å². The number of aryl methyl sites for hydroxylation is 2. The summed E-state index contributed by atoms with van der Waals surface area (Å²) in [4.78, 5) is 13.3. The zero-order valence-electron chi connectivity index (χ0n) is 14.9. The molecule has 0 heterocycles. The highest BCUT2D eigenvalue weighted by molar-refractivity contribution is 7.90. The molecular weight excluding hydrogens is 346 g/mol. The van der Waals surface area contributed by atoms with Gasteiger partial charge in [0.05, 0.1) is 10.5 Å². The quantitative estimate of drug-likeness (QED) is 0.771. The Balaban J connectivity index is 1.76. The maximum atomic E-state index is 13.0. The highest BCUT2D eigenvalue weighted by Gasteiger charge is 2.26. The molecule has 0 radical (unpaired) electrons. The van der Waals surface area contributed by atoms with E-state index in [0.29, 0.717) is 5.56 Å². The van der Waals surface area contributed by atoms with E-state index in [1.54, 1.807) is 24.3 Å². The Bertz CT molecular complexity index is 964. The third kappa shape index (κ3) is 2.83. The van der Waals surface area contributed by atoms with Gasteiger partial charge in [-0.2, -0.15) is 0 Å². The molecule has 0 saturated heterocycles. The fourth-order valence-corrected chi connectivity index (χ4v) is 5.12. The summed E-state index contributed by atoms with van der Waals surface area (Å²) in [6, 6.07) is 8.99. The van der Waals surface area contributed by atoms with Gasteiger partial charge in [0, 0.05) is 5.69 Å². The summed E-state index contributed by atoms with van der Waals surface area (Å²) in [5.74, 6) is -0.287. The van der Waals surface area contributed by atoms with Crippen molar-refractivity contribution in [1.82, 2.24) is 4.72 Å². The SMILES string of the molecule is CNS(=N)(=O)c1ccccc1C(=O)Nc1c2c(cc3c1CCC3)CCC2. The average Bonchev–Trinajstić information content (AvgIpc) is 3.30. The van der Waals surface area contributed by atoms with Crippen molar-refractivity contribution < 1.29 is 9.00 Å². The van der Waals surface area contributed by atoms with Crippen LogP contribution in [-0.2, 0) is 35.6 Å². The summed E-state index contributed by atoms with van der Waals surface area (Å²) in [7, 11) is -1.73. The van der Waals surface area contributed by atoms with Crippen molar-refractivity contribution in [3.8, 4) is 0 Å². The lowest BCUT2D eigenvalue weighted by Gasteiger charge is -2.17. The normalized spacial score (nSPS) is 17.4. The van der Waals surface area contributed by atoms with Crippen LogP contribution in [0.25, 0.3) is 0 Å². The van der Waals surface area contributed by atoms with Crippen LogP contribution in [0.2, 0.25) is 0 Å². The van der Waals surface area contributed by atoms with Crippen LogP contribution >= 0.6 is 0 Å². The minimum Gasteiger partial charge on any atom is -0.321 e. The van der Waals surface area contributed by atoms with Gasteiger partial charge in [-0.15, -0.1) is 0 Å². The minimum atomic E-state index is -3.20. The Morgan fingerprint density at radius 1 is 1.04 bits per heavy atom. The molecule has 26 heavy (non-hydrogen) atoms. The lowest BCUT2D eigenvalue weighted by atomic mass is 9.98. The van der Waals surface area contributed by atoms with Gasteiger partial charge in [0.15, 0.2) is 0 Å². The highest BCUT2D eigenvalue weighted by atomic mass is 32.2. The fourth-order valence-electron chi connectivity index (χ4n) is 4.16. The standard InChI is InChI=1S/C20H23N3O2S/c1-22-26(21,25)18-11-3-2-8-17(18)20(24)23-19-15-9-4-6-13(15)12-14-7-5-10-16(14)19/h2-3,8,11-12H,4-7,9-10H2,1H3,(H,23,24)(H2,21,22,25). The van der Waals surface area contributed by atoms with E-state index in [4.69, 9.17) is 4.78 Å². The average molecular weight is 369 g/mol. The van der Waals surface area contributed by atoms with Crippen LogP contribution in [0.4, 0.5) is 5.69 Å². The van der Waals surface area contributed by atoms with Crippen molar-refractivity contribution in [1.29, 1.82) is 4.78 Å². The first-order chi connectivity index (χ1) is 12.5. The molecule has 2 aromatic rings. The number of benzene rings is 2. The van der Waals surface area contributed by atoms with E-state index in [2.05, 4.69) is 16.1 Å². The second-order valence-corrected chi connectivity index (χ2v) is 8.91. The van der Waals surface area contributed by atoms with Gasteiger partial charge >= 0.3 is 0 Å². The molecule has 1 amide bonds. The molecule has 4 rings (SSSR count). The molecule has 2 aromatic carbocycles. The van der Waals surface area contributed by atoms with Crippen LogP contribution in [-0.4, -0.2) is 17.2 Å². The number of anilines is 1. The molecule has 2 aliphatic carbocycles. The molecule has 0 aliphatic heterocycles. The molecule has 1 atom stereocenters. The van der Waals surface area contributed by atoms with E-state index in [-0.39, 0.29) is 10.8 Å². The lowest BCUT2D eigenvalue weighted by Crippen LogP contribution is -2.23. The summed E-state index contributed by atoms with van der Waals surface area (Å²) in [5.41, 5.74) is 6.49. The molecule has 0 bridgehead atoms. The maximum absolute atomic E-state index is 13.0. The van der Waals surface area contributed by atoms with Crippen molar-refractivity contribution in [2.24, 2.45) is 0 Å². The zero-order valence-corrected chi connectivity index (χ0v) is 15.7. The second-order valence-electron chi connectivity index (χ2n) is 6.94. The molecule has 0 fully saturated rings. The Morgan fingerprint density at radius 2 is 1.65 bits per heavy atom. The molecule has 2 aliphatic rings. The van der Waals surface area contributed by atoms with E-state index >= 15 is 0 Å². The minimum absolute atomic E-state index is 0.226. The Hall–Kier alpha value is -2.18. The number of rotatable bonds is 4. The maximum Gasteiger partial charge on any atom is 0.256 e. The van der Waals surface area contributed by atoms with Crippen LogP contribution in [0.3, 0.4) is 0 Å². The van der Waals surface area contributed by atoms with Crippen molar-refractivity contribution in [2.75, 3.05) is 12.4 Å².